The average Bonchev–Trinajstić information content (AvgIpc) is 3.22. The summed E-state index contributed by atoms with van der Waals surface area (Å²) in [5.74, 6) is 0.551. The molecule has 0 amide bonds. The van der Waals surface area contributed by atoms with Crippen molar-refractivity contribution in [2.45, 2.75) is 75.7 Å². The van der Waals surface area contributed by atoms with Crippen LogP contribution >= 0.6 is 11.8 Å². The smallest absolute Gasteiger partial charge is 0.0340 e. The van der Waals surface area contributed by atoms with Gasteiger partial charge in [-0.1, -0.05) is 91.9 Å². The largest absolute Gasteiger partial charge is 0.388 e. The van der Waals surface area contributed by atoms with Crippen LogP contribution in [0.4, 0.5) is 0 Å². The molecule has 0 bridgehead atoms. The quantitative estimate of drug-likeness (QED) is 0.339. The van der Waals surface area contributed by atoms with Gasteiger partial charge < -0.3 is 5.32 Å². The third kappa shape index (κ3) is 7.04. The van der Waals surface area contributed by atoms with E-state index in [0.717, 1.165) is 37.9 Å². The average molecular weight is 484 g/mol. The van der Waals surface area contributed by atoms with Crippen LogP contribution in [-0.4, -0.2) is 11.8 Å². The molecule has 2 aromatic carbocycles. The first kappa shape index (κ1) is 25.6. The molecule has 0 radical (unpaired) electrons. The molecule has 2 aromatic rings. The highest BCUT2D eigenvalue weighted by molar-refractivity contribution is 8.00. The molecule has 0 aromatic heterocycles. The Hall–Kier alpha value is -2.45. The van der Waals surface area contributed by atoms with Crippen LogP contribution in [0.15, 0.2) is 90.7 Å². The number of allylic oxidation sites excluding steroid dienone is 5. The first-order chi connectivity index (χ1) is 16.9. The van der Waals surface area contributed by atoms with E-state index in [1.807, 2.05) is 0 Å². The van der Waals surface area contributed by atoms with E-state index in [1.165, 1.54) is 51.8 Å². The van der Waals surface area contributed by atoms with E-state index in [0.29, 0.717) is 16.4 Å². The van der Waals surface area contributed by atoms with Crippen molar-refractivity contribution in [3.63, 3.8) is 0 Å². The normalized spacial score (nSPS) is 20.5. The predicted molar refractivity (Wildman–Crippen MR) is 155 cm³/mol. The van der Waals surface area contributed by atoms with Crippen LogP contribution in [0.2, 0.25) is 0 Å². The summed E-state index contributed by atoms with van der Waals surface area (Å²) >= 11 is 2.06. The highest BCUT2D eigenvalue weighted by Gasteiger charge is 2.30. The third-order valence-corrected chi connectivity index (χ3v) is 9.11. The van der Waals surface area contributed by atoms with Gasteiger partial charge in [0.25, 0.3) is 0 Å². The molecule has 2 heteroatoms. The lowest BCUT2D eigenvalue weighted by molar-refractivity contribution is 0.740. The van der Waals surface area contributed by atoms with Gasteiger partial charge in [0.05, 0.1) is 0 Å². The summed E-state index contributed by atoms with van der Waals surface area (Å²) in [5, 5.41) is 4.52. The van der Waals surface area contributed by atoms with Gasteiger partial charge in [0.1, 0.15) is 0 Å². The van der Waals surface area contributed by atoms with E-state index in [1.54, 1.807) is 0 Å². The van der Waals surface area contributed by atoms with E-state index in [9.17, 15) is 0 Å². The Morgan fingerprint density at radius 3 is 2.60 bits per heavy atom. The molecule has 2 aliphatic rings. The minimum atomic E-state index is 0.449. The maximum atomic E-state index is 4.42. The monoisotopic (exact) mass is 483 g/mol. The fraction of sp³-hybridized carbons (Fsp3) is 0.394. The van der Waals surface area contributed by atoms with Crippen LogP contribution in [0.5, 0.6) is 0 Å². The van der Waals surface area contributed by atoms with Gasteiger partial charge >= 0.3 is 0 Å². The van der Waals surface area contributed by atoms with E-state index >= 15 is 0 Å². The zero-order valence-electron chi connectivity index (χ0n) is 21.8. The van der Waals surface area contributed by atoms with Gasteiger partial charge in [-0.25, -0.2) is 0 Å². The van der Waals surface area contributed by atoms with Crippen molar-refractivity contribution < 1.29 is 0 Å². The van der Waals surface area contributed by atoms with Crippen LogP contribution in [-0.2, 0) is 6.42 Å². The first-order valence-corrected chi connectivity index (χ1v) is 14.1. The van der Waals surface area contributed by atoms with Crippen molar-refractivity contribution >= 4 is 11.8 Å². The van der Waals surface area contributed by atoms with Crippen molar-refractivity contribution in [1.29, 1.82) is 0 Å². The second-order valence-corrected chi connectivity index (χ2v) is 11.8. The highest BCUT2D eigenvalue weighted by Crippen LogP contribution is 2.49. The van der Waals surface area contributed by atoms with Crippen molar-refractivity contribution in [3.8, 4) is 0 Å². The number of rotatable bonds is 10. The minimum absolute atomic E-state index is 0.449. The Balaban J connectivity index is 1.24. The molecule has 1 aliphatic carbocycles. The molecule has 1 aliphatic heterocycles. The molecule has 0 spiro atoms. The molecule has 1 fully saturated rings. The second-order valence-electron chi connectivity index (χ2n) is 10.4. The third-order valence-electron chi connectivity index (χ3n) is 7.51. The van der Waals surface area contributed by atoms with Crippen LogP contribution in [0.25, 0.3) is 0 Å². The standard InChI is InChI=1S/C33H41NS/c1-23-11-12-29(19-24(23)2)17-18-34-27(5)22-32-26(4)21-33(35-32)31-15-13-30(14-16-31)25(3)20-28-9-7-6-8-10-28/h7,9-16,19,25,32-34H,4-6,8,17-18,20-22H2,1-3H3. The number of hydrogen-bond donors (Lipinski definition) is 1. The van der Waals surface area contributed by atoms with E-state index in [4.69, 9.17) is 0 Å². The molecular weight excluding hydrogens is 442 g/mol. The highest BCUT2D eigenvalue weighted by atomic mass is 32.2. The van der Waals surface area contributed by atoms with E-state index in [2.05, 4.69) is 112 Å². The molecule has 3 unspecified atom stereocenters. The predicted octanol–water partition coefficient (Wildman–Crippen LogP) is 8.91. The van der Waals surface area contributed by atoms with Crippen LogP contribution < -0.4 is 5.32 Å². The van der Waals surface area contributed by atoms with Gasteiger partial charge in [0.15, 0.2) is 0 Å². The number of aryl methyl sites for hydroxylation is 2. The summed E-state index contributed by atoms with van der Waals surface area (Å²) in [6, 6.07) is 16.1. The molecule has 1 N–H and O–H groups in total. The fourth-order valence-corrected chi connectivity index (χ4v) is 6.68. The Kier molecular flexibility index (Phi) is 8.78. The summed E-state index contributed by atoms with van der Waals surface area (Å²) in [7, 11) is 0. The van der Waals surface area contributed by atoms with Crippen molar-refractivity contribution in [2.24, 2.45) is 0 Å². The lowest BCUT2D eigenvalue weighted by Crippen LogP contribution is -2.18. The maximum absolute atomic E-state index is 4.42. The fourth-order valence-electron chi connectivity index (χ4n) is 5.07. The number of nitrogens with one attached hydrogen (secondary N) is 1. The van der Waals surface area contributed by atoms with Gasteiger partial charge in [-0.15, -0.1) is 11.8 Å². The zero-order chi connectivity index (χ0) is 24.8. The number of hydrogen-bond acceptors (Lipinski definition) is 2. The van der Waals surface area contributed by atoms with Crippen molar-refractivity contribution in [1.82, 2.24) is 5.32 Å². The molecule has 1 heterocycles. The molecule has 35 heavy (non-hydrogen) atoms. The molecule has 1 saturated heterocycles. The summed E-state index contributed by atoms with van der Waals surface area (Å²) in [4.78, 5) is 0. The molecule has 1 nitrogen and oxygen atoms in total. The van der Waals surface area contributed by atoms with Crippen LogP contribution in [0.1, 0.15) is 78.0 Å². The van der Waals surface area contributed by atoms with Crippen molar-refractivity contribution in [3.05, 3.63) is 119 Å². The number of benzene rings is 2. The maximum Gasteiger partial charge on any atom is 0.0340 e. The van der Waals surface area contributed by atoms with Crippen molar-refractivity contribution in [2.75, 3.05) is 6.54 Å². The minimum Gasteiger partial charge on any atom is -0.388 e. The molecule has 4 rings (SSSR count). The molecule has 3 atom stereocenters. The van der Waals surface area contributed by atoms with Gasteiger partial charge in [-0.3, -0.25) is 0 Å². The summed E-state index contributed by atoms with van der Waals surface area (Å²) in [5.41, 5.74) is 10.9. The number of thioether (sulfide) groups is 1. The van der Waals surface area contributed by atoms with Gasteiger partial charge in [-0.2, -0.15) is 0 Å². The van der Waals surface area contributed by atoms with Gasteiger partial charge in [0.2, 0.25) is 0 Å². The Labute approximate surface area is 217 Å². The summed E-state index contributed by atoms with van der Waals surface area (Å²) < 4.78 is 0. The Morgan fingerprint density at radius 1 is 1.09 bits per heavy atom. The SMILES string of the molecule is C=C(CC1SC(c2ccc(C(C)CC3=CCCC=C3)cc2)CC1=C)NCCc1ccc(C)c(C)c1. The Morgan fingerprint density at radius 2 is 1.89 bits per heavy atom. The summed E-state index contributed by atoms with van der Waals surface area (Å²) in [6.07, 6.45) is 13.6. The van der Waals surface area contributed by atoms with E-state index < -0.39 is 0 Å². The summed E-state index contributed by atoms with van der Waals surface area (Å²) in [6.45, 7) is 16.4. The Bertz CT molecular complexity index is 1100. The van der Waals surface area contributed by atoms with Gasteiger partial charge in [0, 0.05) is 29.2 Å². The van der Waals surface area contributed by atoms with E-state index in [-0.39, 0.29) is 0 Å². The molecular formula is C33H41NS. The second kappa shape index (κ2) is 12.0. The lowest BCUT2D eigenvalue weighted by atomic mass is 9.90. The lowest BCUT2D eigenvalue weighted by Gasteiger charge is -2.17. The van der Waals surface area contributed by atoms with Crippen LogP contribution in [0.3, 0.4) is 0 Å². The topological polar surface area (TPSA) is 12.0 Å². The van der Waals surface area contributed by atoms with Crippen LogP contribution in [0, 0.1) is 13.8 Å². The molecule has 184 valence electrons. The molecule has 0 saturated carbocycles. The van der Waals surface area contributed by atoms with Gasteiger partial charge in [-0.05, 0) is 79.7 Å². The first-order valence-electron chi connectivity index (χ1n) is 13.2. The zero-order valence-corrected chi connectivity index (χ0v) is 22.6.